The Labute approximate surface area is 315 Å². The topological polar surface area (TPSA) is 171 Å². The Morgan fingerprint density at radius 1 is 0.481 bits per heavy atom. The molecular weight excluding hydrogens is 688 g/mol. The molecule has 0 fully saturated rings. The first-order valence-electron chi connectivity index (χ1n) is 18.4. The molecule has 1 aliphatic carbocycles. The minimum Gasteiger partial charge on any atom is -0.493 e. The van der Waals surface area contributed by atoms with Gasteiger partial charge >= 0.3 is 0 Å². The van der Waals surface area contributed by atoms with Crippen LogP contribution in [0.3, 0.4) is 0 Å². The molecule has 0 saturated heterocycles. The van der Waals surface area contributed by atoms with E-state index in [0.29, 0.717) is 131 Å². The second kappa shape index (κ2) is 18.1. The van der Waals surface area contributed by atoms with Crippen LogP contribution in [0.1, 0.15) is 109 Å². The second-order valence-corrected chi connectivity index (χ2v) is 13.3. The third kappa shape index (κ3) is 8.89. The zero-order chi connectivity index (χ0) is 38.8. The molecule has 0 spiro atoms. The number of nitrogens with zero attached hydrogens (tertiary/aromatic N) is 4. The Morgan fingerprint density at radius 3 is 0.889 bits per heavy atom. The van der Waals surface area contributed by atoms with Crippen LogP contribution in [0.5, 0.6) is 23.0 Å². The maximum Gasteiger partial charge on any atom is 0.270 e. The molecule has 0 amide bonds. The van der Waals surface area contributed by atoms with Gasteiger partial charge in [0.05, 0.1) is 59.5 Å². The highest BCUT2D eigenvalue weighted by Gasteiger charge is 2.27. The van der Waals surface area contributed by atoms with Crippen molar-refractivity contribution in [1.82, 2.24) is 0 Å². The molecule has 4 aromatic carbocycles. The summed E-state index contributed by atoms with van der Waals surface area (Å²) in [5.74, 6) is 1.93. The first kappa shape index (κ1) is 39.1. The van der Waals surface area contributed by atoms with Crippen molar-refractivity contribution in [2.75, 3.05) is 26.4 Å². The molecule has 54 heavy (non-hydrogen) atoms. The van der Waals surface area contributed by atoms with Crippen LogP contribution in [0.2, 0.25) is 0 Å². The fraction of sp³-hybridized carbons (Fsp3) is 0.381. The van der Waals surface area contributed by atoms with Crippen molar-refractivity contribution in [3.8, 4) is 35.1 Å². The number of hydrogen-bond donors (Lipinski definition) is 0. The number of ether oxygens (including phenoxy) is 4. The maximum absolute atomic E-state index is 12.4. The van der Waals surface area contributed by atoms with Crippen LogP contribution >= 0.6 is 0 Å². The lowest BCUT2D eigenvalue weighted by atomic mass is 9.89. The number of nitro groups is 2. The highest BCUT2D eigenvalue weighted by Crippen LogP contribution is 2.42. The monoisotopic (exact) mass is 732 g/mol. The SMILES string of the molecule is CCCOc1c2cc(C#N)cc1Cc1cc([N+](=O)[O-])cc(c1OCCC)Cc1cc([N+](=O)[O-])cc(c1OCCC)Cc1cc(C#N)cc(c1OCCC)C2. The average Bonchev–Trinajstić information content (AvgIpc) is 3.15. The molecule has 0 atom stereocenters. The van der Waals surface area contributed by atoms with Crippen LogP contribution in [0.15, 0.2) is 48.5 Å². The summed E-state index contributed by atoms with van der Waals surface area (Å²) in [4.78, 5) is 24.0. The zero-order valence-corrected chi connectivity index (χ0v) is 31.2. The first-order chi connectivity index (χ1) is 26.1. The van der Waals surface area contributed by atoms with Gasteiger partial charge < -0.3 is 18.9 Å². The number of nitro benzene ring substituents is 2. The van der Waals surface area contributed by atoms with Gasteiger partial charge in [-0.25, -0.2) is 0 Å². The molecule has 12 heteroatoms. The van der Waals surface area contributed by atoms with Gasteiger partial charge in [0.2, 0.25) is 0 Å². The highest BCUT2D eigenvalue weighted by molar-refractivity contribution is 5.62. The van der Waals surface area contributed by atoms with Crippen molar-refractivity contribution in [2.24, 2.45) is 0 Å². The third-order valence-electron chi connectivity index (χ3n) is 8.95. The van der Waals surface area contributed by atoms with Gasteiger partial charge in [0.25, 0.3) is 11.4 Å². The lowest BCUT2D eigenvalue weighted by Gasteiger charge is -2.23. The largest absolute Gasteiger partial charge is 0.493 e. The van der Waals surface area contributed by atoms with Crippen molar-refractivity contribution < 1.29 is 28.8 Å². The second-order valence-electron chi connectivity index (χ2n) is 13.3. The normalized spacial score (nSPS) is 11.9. The van der Waals surface area contributed by atoms with Gasteiger partial charge in [0.1, 0.15) is 23.0 Å². The third-order valence-corrected chi connectivity index (χ3v) is 8.95. The van der Waals surface area contributed by atoms with Crippen LogP contribution in [0.4, 0.5) is 11.4 Å². The number of benzene rings is 4. The van der Waals surface area contributed by atoms with Gasteiger partial charge in [-0.05, 0) is 49.9 Å². The summed E-state index contributed by atoms with van der Waals surface area (Å²) in [7, 11) is 0. The number of rotatable bonds is 14. The molecule has 0 aliphatic heterocycles. The van der Waals surface area contributed by atoms with Crippen molar-refractivity contribution in [3.05, 3.63) is 124 Å². The molecule has 0 radical (unpaired) electrons. The van der Waals surface area contributed by atoms with E-state index in [0.717, 1.165) is 0 Å². The lowest BCUT2D eigenvalue weighted by molar-refractivity contribution is -0.385. The Kier molecular flexibility index (Phi) is 13.1. The molecule has 5 rings (SSSR count). The summed E-state index contributed by atoms with van der Waals surface area (Å²) in [6.45, 7) is 9.27. The van der Waals surface area contributed by atoms with Gasteiger partial charge in [-0.3, -0.25) is 20.2 Å². The molecule has 0 saturated carbocycles. The van der Waals surface area contributed by atoms with E-state index in [2.05, 4.69) is 12.1 Å². The van der Waals surface area contributed by atoms with Crippen molar-refractivity contribution in [3.63, 3.8) is 0 Å². The summed E-state index contributed by atoms with van der Waals surface area (Å²) in [5.41, 5.74) is 4.96. The van der Waals surface area contributed by atoms with Gasteiger partial charge in [-0.2, -0.15) is 10.5 Å². The Balaban J connectivity index is 1.94. The zero-order valence-electron chi connectivity index (χ0n) is 31.2. The van der Waals surface area contributed by atoms with Crippen LogP contribution in [-0.2, 0) is 25.7 Å². The molecule has 280 valence electrons. The van der Waals surface area contributed by atoms with E-state index in [1.165, 1.54) is 24.3 Å². The van der Waals surface area contributed by atoms with Gasteiger partial charge in [-0.1, -0.05) is 27.7 Å². The summed E-state index contributed by atoms with van der Waals surface area (Å²) in [6, 6.07) is 17.4. The molecule has 12 nitrogen and oxygen atoms in total. The number of non-ortho nitro benzene ring substituents is 2. The summed E-state index contributed by atoms with van der Waals surface area (Å²) >= 11 is 0. The highest BCUT2D eigenvalue weighted by atomic mass is 16.6. The van der Waals surface area contributed by atoms with E-state index in [-0.39, 0.29) is 37.1 Å². The van der Waals surface area contributed by atoms with Crippen molar-refractivity contribution in [1.29, 1.82) is 10.5 Å². The van der Waals surface area contributed by atoms with Crippen LogP contribution in [-0.4, -0.2) is 36.3 Å². The van der Waals surface area contributed by atoms with E-state index < -0.39 is 9.85 Å². The molecule has 0 unspecified atom stereocenters. The van der Waals surface area contributed by atoms with Crippen molar-refractivity contribution >= 4 is 11.4 Å². The summed E-state index contributed by atoms with van der Waals surface area (Å²) < 4.78 is 25.6. The Bertz CT molecular complexity index is 1980. The van der Waals surface area contributed by atoms with Crippen LogP contribution in [0, 0.1) is 42.9 Å². The van der Waals surface area contributed by atoms with Gasteiger partial charge in [-0.15, -0.1) is 0 Å². The summed E-state index contributed by atoms with van der Waals surface area (Å²) in [5, 5.41) is 45.3. The first-order valence-corrected chi connectivity index (χ1v) is 18.4. The molecule has 0 N–H and O–H groups in total. The van der Waals surface area contributed by atoms with E-state index in [1.807, 2.05) is 27.7 Å². The fourth-order valence-electron chi connectivity index (χ4n) is 6.75. The molecule has 8 bridgehead atoms. The lowest BCUT2D eigenvalue weighted by Crippen LogP contribution is -2.11. The number of fused-ring (bicyclic) bond motifs is 8. The van der Waals surface area contributed by atoms with Crippen LogP contribution < -0.4 is 18.9 Å². The standard InChI is InChI=1S/C42H44N4O8/c1-5-9-51-39-29-13-27(25-43)15-31(39)18-33-21-37(45(47)48)23-35(41(33)53-11-7-3)20-36-24-38(46(49)50)22-34(42(36)54-12-8-4)19-32-16-28(26-44)14-30(17-29)40(32)52-10-6-2/h13-16,21-24H,5-12,17-20H2,1-4H3. The average molecular weight is 733 g/mol. The molecular formula is C42H44N4O8. The predicted molar refractivity (Wildman–Crippen MR) is 203 cm³/mol. The van der Waals surface area contributed by atoms with E-state index in [9.17, 15) is 30.8 Å². The van der Waals surface area contributed by atoms with E-state index in [4.69, 9.17) is 18.9 Å². The summed E-state index contributed by atoms with van der Waals surface area (Å²) in [6.07, 6.45) is 3.21. The fourth-order valence-corrected chi connectivity index (χ4v) is 6.75. The van der Waals surface area contributed by atoms with Crippen molar-refractivity contribution in [2.45, 2.75) is 79.1 Å². The molecule has 4 aromatic rings. The minimum absolute atomic E-state index is 0.0206. The molecule has 1 aliphatic rings. The van der Waals surface area contributed by atoms with E-state index >= 15 is 0 Å². The maximum atomic E-state index is 12.4. The van der Waals surface area contributed by atoms with Gasteiger partial charge in [0, 0.05) is 94.5 Å². The van der Waals surface area contributed by atoms with Crippen LogP contribution in [0.25, 0.3) is 0 Å². The molecule has 0 heterocycles. The quantitative estimate of drug-likeness (QED) is 0.0792. The molecule has 0 aromatic heterocycles. The Hall–Kier alpha value is -6.14. The predicted octanol–water partition coefficient (Wildman–Crippen LogP) is 9.08. The van der Waals surface area contributed by atoms with E-state index in [1.54, 1.807) is 24.3 Å². The minimum atomic E-state index is -0.467. The smallest absolute Gasteiger partial charge is 0.270 e. The number of nitriles is 2. The Morgan fingerprint density at radius 2 is 0.704 bits per heavy atom. The van der Waals surface area contributed by atoms with Gasteiger partial charge in [0.15, 0.2) is 0 Å². The number of hydrogen-bond acceptors (Lipinski definition) is 10.